The summed E-state index contributed by atoms with van der Waals surface area (Å²) < 4.78 is 4.96. The molecular weight excluding hydrogens is 312 g/mol. The highest BCUT2D eigenvalue weighted by Gasteiger charge is 2.56. The van der Waals surface area contributed by atoms with Crippen molar-refractivity contribution in [2.75, 3.05) is 14.1 Å². The summed E-state index contributed by atoms with van der Waals surface area (Å²) in [4.78, 5) is 32.1. The van der Waals surface area contributed by atoms with Gasteiger partial charge in [0.2, 0.25) is 0 Å². The molecule has 0 N–H and O–H groups in total. The van der Waals surface area contributed by atoms with Crippen LogP contribution in [0.15, 0.2) is 46.3 Å². The molecule has 6 heteroatoms. The van der Waals surface area contributed by atoms with Crippen molar-refractivity contribution in [2.45, 2.75) is 12.0 Å². The van der Waals surface area contributed by atoms with E-state index in [1.165, 1.54) is 0 Å². The maximum absolute atomic E-state index is 12.3. The van der Waals surface area contributed by atoms with E-state index in [4.69, 9.17) is 4.74 Å². The minimum absolute atomic E-state index is 0.143. The molecule has 2 aliphatic heterocycles. The highest BCUT2D eigenvalue weighted by molar-refractivity contribution is 8.17. The topological polar surface area (TPSA) is 59.0 Å². The van der Waals surface area contributed by atoms with Crippen LogP contribution >= 0.6 is 11.8 Å². The maximum atomic E-state index is 12.3. The first-order valence-corrected chi connectivity index (χ1v) is 8.33. The molecule has 0 saturated carbocycles. The monoisotopic (exact) mass is 328 g/mol. The second kappa shape index (κ2) is 5.23. The van der Waals surface area contributed by atoms with Gasteiger partial charge in [0.25, 0.3) is 0 Å². The molecule has 4 rings (SSSR count). The first-order chi connectivity index (χ1) is 11.1. The number of cyclic esters (lactones) is 2. The van der Waals surface area contributed by atoms with Crippen molar-refractivity contribution in [1.29, 1.82) is 0 Å². The molecule has 5 nitrogen and oxygen atoms in total. The molecule has 4 atom stereocenters. The molecule has 3 aliphatic rings. The van der Waals surface area contributed by atoms with E-state index in [0.717, 1.165) is 15.6 Å². The molecule has 0 bridgehead atoms. The fraction of sp³-hybridized carbons (Fsp3) is 0.353. The standard InChI is InChI=1S/C17H16N2O3S/c1-19(2)17-18-14-11(23-17)8-10(9-6-4-3-5-7-9)12-13(14)16(21)22-15(12)20/h3-8,10,12-14H,1-2H3/t10-,12+,13+,14-/m1/s1. The zero-order valence-electron chi connectivity index (χ0n) is 12.8. The van der Waals surface area contributed by atoms with Gasteiger partial charge in [-0.25, -0.2) is 0 Å². The van der Waals surface area contributed by atoms with Gasteiger partial charge in [-0.2, -0.15) is 0 Å². The van der Waals surface area contributed by atoms with Gasteiger partial charge in [-0.1, -0.05) is 48.2 Å². The summed E-state index contributed by atoms with van der Waals surface area (Å²) in [6.45, 7) is 0. The highest BCUT2D eigenvalue weighted by Crippen LogP contribution is 2.51. The fourth-order valence-corrected chi connectivity index (χ4v) is 4.55. The third-order valence-electron chi connectivity index (χ3n) is 4.52. The van der Waals surface area contributed by atoms with Gasteiger partial charge in [-0.15, -0.1) is 0 Å². The van der Waals surface area contributed by atoms with E-state index in [1.807, 2.05) is 49.3 Å². The lowest BCUT2D eigenvalue weighted by molar-refractivity contribution is -0.153. The molecule has 1 aromatic rings. The van der Waals surface area contributed by atoms with Crippen LogP contribution < -0.4 is 0 Å². The Morgan fingerprint density at radius 3 is 2.48 bits per heavy atom. The average Bonchev–Trinajstić information content (AvgIpc) is 3.09. The van der Waals surface area contributed by atoms with Crippen LogP contribution in [0.3, 0.4) is 0 Å². The largest absolute Gasteiger partial charge is 0.393 e. The Hall–Kier alpha value is -2.08. The fourth-order valence-electron chi connectivity index (χ4n) is 3.45. The number of benzene rings is 1. The van der Waals surface area contributed by atoms with Crippen LogP contribution in [0, 0.1) is 11.8 Å². The number of hydrogen-bond acceptors (Lipinski definition) is 6. The van der Waals surface area contributed by atoms with Gasteiger partial charge in [0, 0.05) is 24.9 Å². The Morgan fingerprint density at radius 2 is 1.78 bits per heavy atom. The second-order valence-electron chi connectivity index (χ2n) is 6.15. The molecule has 0 aromatic heterocycles. The summed E-state index contributed by atoms with van der Waals surface area (Å²) >= 11 is 1.57. The number of hydrogen-bond donors (Lipinski definition) is 0. The number of nitrogens with zero attached hydrogens (tertiary/aromatic N) is 2. The van der Waals surface area contributed by atoms with Crippen molar-refractivity contribution in [1.82, 2.24) is 4.90 Å². The number of thioether (sulfide) groups is 1. The van der Waals surface area contributed by atoms with Crippen LogP contribution in [0.4, 0.5) is 0 Å². The minimum Gasteiger partial charge on any atom is -0.393 e. The summed E-state index contributed by atoms with van der Waals surface area (Å²) in [7, 11) is 3.85. The van der Waals surface area contributed by atoms with Gasteiger partial charge in [-0.05, 0) is 5.56 Å². The quantitative estimate of drug-likeness (QED) is 0.583. The number of esters is 2. The minimum atomic E-state index is -0.516. The Kier molecular flexibility index (Phi) is 3.30. The number of carbonyl (C=O) groups is 2. The first-order valence-electron chi connectivity index (χ1n) is 7.51. The van der Waals surface area contributed by atoms with E-state index in [-0.39, 0.29) is 12.0 Å². The predicted molar refractivity (Wildman–Crippen MR) is 87.8 cm³/mol. The molecule has 0 radical (unpaired) electrons. The van der Waals surface area contributed by atoms with Crippen molar-refractivity contribution in [3.63, 3.8) is 0 Å². The van der Waals surface area contributed by atoms with Gasteiger partial charge < -0.3 is 9.64 Å². The number of ether oxygens (including phenoxy) is 1. The van der Waals surface area contributed by atoms with Crippen LogP contribution in [-0.4, -0.2) is 42.1 Å². The number of carbonyl (C=O) groups excluding carboxylic acids is 2. The molecule has 1 saturated heterocycles. The number of rotatable bonds is 1. The lowest BCUT2D eigenvalue weighted by Gasteiger charge is -2.30. The lowest BCUT2D eigenvalue weighted by atomic mass is 9.72. The van der Waals surface area contributed by atoms with E-state index in [0.29, 0.717) is 0 Å². The first kappa shape index (κ1) is 14.5. The third-order valence-corrected chi connectivity index (χ3v) is 5.79. The average molecular weight is 328 g/mol. The SMILES string of the molecule is CN(C)C1=N[C@@H]2C(=C[C@H](c3ccccc3)[C@@H]3C(=O)OC(=O)[C@@H]32)S1. The van der Waals surface area contributed by atoms with Crippen molar-refractivity contribution >= 4 is 28.9 Å². The van der Waals surface area contributed by atoms with Gasteiger partial charge >= 0.3 is 11.9 Å². The summed E-state index contributed by atoms with van der Waals surface area (Å²) in [5, 5.41) is 0.862. The Labute approximate surface area is 138 Å². The summed E-state index contributed by atoms with van der Waals surface area (Å²) in [6.07, 6.45) is 2.09. The molecular formula is C17H16N2O3S. The smallest absolute Gasteiger partial charge is 0.320 e. The molecule has 0 amide bonds. The molecule has 1 aliphatic carbocycles. The molecule has 0 unspecified atom stereocenters. The molecule has 1 aromatic carbocycles. The van der Waals surface area contributed by atoms with Gasteiger partial charge in [-0.3, -0.25) is 14.6 Å². The number of fused-ring (bicyclic) bond motifs is 3. The van der Waals surface area contributed by atoms with Gasteiger partial charge in [0.15, 0.2) is 5.17 Å². The van der Waals surface area contributed by atoms with Crippen LogP contribution in [0.1, 0.15) is 11.5 Å². The predicted octanol–water partition coefficient (Wildman–Crippen LogP) is 2.02. The van der Waals surface area contributed by atoms with Crippen molar-refractivity contribution in [3.8, 4) is 0 Å². The zero-order chi connectivity index (χ0) is 16.1. The number of amidine groups is 1. The Balaban J connectivity index is 1.81. The maximum Gasteiger partial charge on any atom is 0.320 e. The summed E-state index contributed by atoms with van der Waals surface area (Å²) in [5.74, 6) is -2.01. The normalized spacial score (nSPS) is 31.9. The molecule has 1 fully saturated rings. The second-order valence-corrected chi connectivity index (χ2v) is 7.19. The molecule has 2 heterocycles. The van der Waals surface area contributed by atoms with E-state index >= 15 is 0 Å². The van der Waals surface area contributed by atoms with E-state index in [9.17, 15) is 9.59 Å². The van der Waals surface area contributed by atoms with Crippen molar-refractivity contribution in [2.24, 2.45) is 16.8 Å². The van der Waals surface area contributed by atoms with E-state index < -0.39 is 23.8 Å². The van der Waals surface area contributed by atoms with Gasteiger partial charge in [0.1, 0.15) is 0 Å². The van der Waals surface area contributed by atoms with E-state index in [2.05, 4.69) is 11.1 Å². The Bertz CT molecular complexity index is 741. The summed E-state index contributed by atoms with van der Waals surface area (Å²) in [6, 6.07) is 9.52. The van der Waals surface area contributed by atoms with Crippen LogP contribution in [-0.2, 0) is 14.3 Å². The molecule has 0 spiro atoms. The van der Waals surface area contributed by atoms with Crippen LogP contribution in [0.2, 0.25) is 0 Å². The van der Waals surface area contributed by atoms with E-state index in [1.54, 1.807) is 11.8 Å². The highest BCUT2D eigenvalue weighted by atomic mass is 32.2. The summed E-state index contributed by atoms with van der Waals surface area (Å²) in [5.41, 5.74) is 1.03. The van der Waals surface area contributed by atoms with Crippen LogP contribution in [0.5, 0.6) is 0 Å². The molecule has 23 heavy (non-hydrogen) atoms. The lowest BCUT2D eigenvalue weighted by Crippen LogP contribution is -2.36. The van der Waals surface area contributed by atoms with Crippen molar-refractivity contribution < 1.29 is 14.3 Å². The zero-order valence-corrected chi connectivity index (χ0v) is 13.6. The van der Waals surface area contributed by atoms with Crippen LogP contribution in [0.25, 0.3) is 0 Å². The third kappa shape index (κ3) is 2.20. The Morgan fingerprint density at radius 1 is 1.09 bits per heavy atom. The van der Waals surface area contributed by atoms with Gasteiger partial charge in [0.05, 0.1) is 17.9 Å². The number of aliphatic imine (C=N–C) groups is 1. The molecule has 118 valence electrons. The number of allylic oxidation sites excluding steroid dienone is 1. The van der Waals surface area contributed by atoms with Crippen molar-refractivity contribution in [3.05, 3.63) is 46.9 Å².